The van der Waals surface area contributed by atoms with Gasteiger partial charge in [-0.3, -0.25) is 5.10 Å². The molecule has 1 aliphatic rings. The van der Waals surface area contributed by atoms with Gasteiger partial charge >= 0.3 is 0 Å². The van der Waals surface area contributed by atoms with Crippen LogP contribution in [0.3, 0.4) is 0 Å². The molecule has 0 saturated heterocycles. The summed E-state index contributed by atoms with van der Waals surface area (Å²) < 4.78 is 5.25. The number of hydrogen-bond acceptors (Lipinski definition) is 6. The first-order valence-corrected chi connectivity index (χ1v) is 5.96. The zero-order chi connectivity index (χ0) is 12.7. The van der Waals surface area contributed by atoms with Crippen molar-refractivity contribution < 1.29 is 9.84 Å². The van der Waals surface area contributed by atoms with E-state index in [2.05, 4.69) is 20.2 Å². The third-order valence-electron chi connectivity index (χ3n) is 3.32. The van der Waals surface area contributed by atoms with Crippen LogP contribution in [0.5, 0.6) is 5.88 Å². The Labute approximate surface area is 103 Å². The van der Waals surface area contributed by atoms with Crippen LogP contribution in [0.4, 0.5) is 0 Å². The predicted octanol–water partition coefficient (Wildman–Crippen LogP) is 0.275. The van der Waals surface area contributed by atoms with Crippen LogP contribution in [-0.2, 0) is 0 Å². The number of aromatic amines is 1. The summed E-state index contributed by atoms with van der Waals surface area (Å²) in [5.74, 6) is 0.541. The quantitative estimate of drug-likeness (QED) is 0.674. The molecule has 0 aliphatic heterocycles. The number of aromatic nitrogens is 4. The highest BCUT2D eigenvalue weighted by Crippen LogP contribution is 2.39. The van der Waals surface area contributed by atoms with Gasteiger partial charge in [-0.1, -0.05) is 0 Å². The number of aliphatic hydroxyl groups excluding tert-OH is 1. The Morgan fingerprint density at radius 1 is 1.50 bits per heavy atom. The first-order valence-electron chi connectivity index (χ1n) is 5.96. The van der Waals surface area contributed by atoms with Gasteiger partial charge in [0, 0.05) is 12.0 Å². The average molecular weight is 249 g/mol. The Morgan fingerprint density at radius 3 is 2.94 bits per heavy atom. The fraction of sp³-hybridized carbons (Fsp3) is 0.545. The fourth-order valence-electron chi connectivity index (χ4n) is 2.25. The molecule has 1 fully saturated rings. The van der Waals surface area contributed by atoms with E-state index in [9.17, 15) is 5.11 Å². The number of ether oxygens (including phenoxy) is 1. The molecule has 7 nitrogen and oxygen atoms in total. The zero-order valence-corrected chi connectivity index (χ0v) is 10.00. The van der Waals surface area contributed by atoms with Crippen molar-refractivity contribution in [2.45, 2.75) is 38.0 Å². The van der Waals surface area contributed by atoms with Gasteiger partial charge in [-0.05, 0) is 19.8 Å². The van der Waals surface area contributed by atoms with Gasteiger partial charge in [0.05, 0.1) is 5.69 Å². The lowest BCUT2D eigenvalue weighted by Gasteiger charge is -2.33. The Balaban J connectivity index is 2.09. The molecule has 3 rings (SSSR count). The van der Waals surface area contributed by atoms with Crippen LogP contribution in [0.2, 0.25) is 0 Å². The van der Waals surface area contributed by atoms with Gasteiger partial charge in [0.1, 0.15) is 11.7 Å². The van der Waals surface area contributed by atoms with Crippen molar-refractivity contribution in [2.24, 2.45) is 5.73 Å². The molecule has 4 N–H and O–H groups in total. The topological polar surface area (TPSA) is 110 Å². The SMILES string of the molecule is CC(O)Oc1n[nH]c2ncnc(C3CCC3N)c12. The molecule has 0 amide bonds. The van der Waals surface area contributed by atoms with Crippen molar-refractivity contribution in [1.29, 1.82) is 0 Å². The third kappa shape index (κ3) is 1.72. The number of H-pyrrole nitrogens is 1. The van der Waals surface area contributed by atoms with Gasteiger partial charge in [0.25, 0.3) is 0 Å². The number of nitrogens with two attached hydrogens (primary N) is 1. The summed E-state index contributed by atoms with van der Waals surface area (Å²) in [5.41, 5.74) is 7.44. The molecule has 18 heavy (non-hydrogen) atoms. The second kappa shape index (κ2) is 4.18. The highest BCUT2D eigenvalue weighted by molar-refractivity contribution is 5.83. The van der Waals surface area contributed by atoms with Gasteiger partial charge in [0.2, 0.25) is 5.88 Å². The van der Waals surface area contributed by atoms with Crippen LogP contribution in [0.1, 0.15) is 31.4 Å². The third-order valence-corrected chi connectivity index (χ3v) is 3.32. The lowest BCUT2D eigenvalue weighted by Crippen LogP contribution is -2.38. The van der Waals surface area contributed by atoms with Crippen LogP contribution in [0, 0.1) is 0 Å². The summed E-state index contributed by atoms with van der Waals surface area (Å²) in [6.07, 6.45) is 2.57. The first kappa shape index (κ1) is 11.4. The highest BCUT2D eigenvalue weighted by Gasteiger charge is 2.33. The van der Waals surface area contributed by atoms with E-state index < -0.39 is 6.29 Å². The molecule has 3 unspecified atom stereocenters. The summed E-state index contributed by atoms with van der Waals surface area (Å²) in [5, 5.41) is 16.8. The van der Waals surface area contributed by atoms with Crippen molar-refractivity contribution in [1.82, 2.24) is 20.2 Å². The number of rotatable bonds is 3. The Morgan fingerprint density at radius 2 is 2.33 bits per heavy atom. The van der Waals surface area contributed by atoms with E-state index in [1.165, 1.54) is 13.3 Å². The molecule has 1 aliphatic carbocycles. The second-order valence-electron chi connectivity index (χ2n) is 4.58. The normalized spacial score (nSPS) is 24.8. The van der Waals surface area contributed by atoms with Gasteiger partial charge in [-0.15, -0.1) is 5.10 Å². The standard InChI is InChI=1S/C11H15N5O2/c1-5(17)18-11-8-9(6-2-3-7(6)12)13-4-14-10(8)15-16-11/h4-7,17H,2-3,12H2,1H3,(H,13,14,15,16). The number of nitrogens with zero attached hydrogens (tertiary/aromatic N) is 3. The van der Waals surface area contributed by atoms with E-state index in [4.69, 9.17) is 10.5 Å². The van der Waals surface area contributed by atoms with Crippen LogP contribution in [0.25, 0.3) is 11.0 Å². The Kier molecular flexibility index (Phi) is 2.64. The molecular formula is C11H15N5O2. The van der Waals surface area contributed by atoms with Crippen molar-refractivity contribution in [3.05, 3.63) is 12.0 Å². The summed E-state index contributed by atoms with van der Waals surface area (Å²) in [6.45, 7) is 1.53. The zero-order valence-electron chi connectivity index (χ0n) is 10.00. The maximum absolute atomic E-state index is 9.29. The predicted molar refractivity (Wildman–Crippen MR) is 63.9 cm³/mol. The van der Waals surface area contributed by atoms with Crippen molar-refractivity contribution in [2.75, 3.05) is 0 Å². The Bertz CT molecular complexity index is 568. The van der Waals surface area contributed by atoms with Gasteiger partial charge in [-0.25, -0.2) is 9.97 Å². The average Bonchev–Trinajstić information content (AvgIpc) is 2.71. The maximum Gasteiger partial charge on any atom is 0.246 e. The number of nitrogens with one attached hydrogen (secondary N) is 1. The van der Waals surface area contributed by atoms with Crippen molar-refractivity contribution in [3.63, 3.8) is 0 Å². The van der Waals surface area contributed by atoms with E-state index in [0.29, 0.717) is 11.5 Å². The lowest BCUT2D eigenvalue weighted by atomic mass is 9.77. The molecule has 0 bridgehead atoms. The van der Waals surface area contributed by atoms with E-state index in [0.717, 1.165) is 23.9 Å². The molecule has 3 atom stereocenters. The molecule has 2 aromatic heterocycles. The lowest BCUT2D eigenvalue weighted by molar-refractivity contribution is -0.00269. The number of aliphatic hydroxyl groups is 1. The molecule has 2 aromatic rings. The largest absolute Gasteiger partial charge is 0.447 e. The summed E-state index contributed by atoms with van der Waals surface area (Å²) in [6, 6.07) is 0.123. The van der Waals surface area contributed by atoms with Crippen molar-refractivity contribution in [3.8, 4) is 5.88 Å². The second-order valence-corrected chi connectivity index (χ2v) is 4.58. The molecule has 1 saturated carbocycles. The highest BCUT2D eigenvalue weighted by atomic mass is 16.6. The van der Waals surface area contributed by atoms with Crippen LogP contribution >= 0.6 is 0 Å². The molecule has 7 heteroatoms. The molecule has 0 spiro atoms. The molecule has 0 aromatic carbocycles. The first-order chi connectivity index (χ1) is 8.66. The summed E-state index contributed by atoms with van der Waals surface area (Å²) in [7, 11) is 0. The minimum absolute atomic E-state index is 0.123. The fourth-order valence-corrected chi connectivity index (χ4v) is 2.25. The minimum atomic E-state index is -0.931. The monoisotopic (exact) mass is 249 g/mol. The summed E-state index contributed by atoms with van der Waals surface area (Å²) >= 11 is 0. The Hall–Kier alpha value is -1.73. The van der Waals surface area contributed by atoms with E-state index in [1.54, 1.807) is 0 Å². The molecule has 0 radical (unpaired) electrons. The van der Waals surface area contributed by atoms with E-state index in [1.807, 2.05) is 0 Å². The number of hydrogen-bond donors (Lipinski definition) is 3. The van der Waals surface area contributed by atoms with Gasteiger partial charge in [-0.2, -0.15) is 0 Å². The minimum Gasteiger partial charge on any atom is -0.447 e. The van der Waals surface area contributed by atoms with E-state index in [-0.39, 0.29) is 12.0 Å². The number of fused-ring (bicyclic) bond motifs is 1. The van der Waals surface area contributed by atoms with E-state index >= 15 is 0 Å². The van der Waals surface area contributed by atoms with Gasteiger partial charge in [0.15, 0.2) is 11.9 Å². The maximum atomic E-state index is 9.29. The van der Waals surface area contributed by atoms with Crippen LogP contribution in [0.15, 0.2) is 6.33 Å². The molecule has 96 valence electrons. The van der Waals surface area contributed by atoms with Crippen LogP contribution < -0.4 is 10.5 Å². The summed E-state index contributed by atoms with van der Waals surface area (Å²) in [4.78, 5) is 8.41. The van der Waals surface area contributed by atoms with Gasteiger partial charge < -0.3 is 15.6 Å². The van der Waals surface area contributed by atoms with Crippen molar-refractivity contribution >= 4 is 11.0 Å². The smallest absolute Gasteiger partial charge is 0.246 e. The molecule has 2 heterocycles. The van der Waals surface area contributed by atoms with Crippen LogP contribution in [-0.4, -0.2) is 37.6 Å². The molecular weight excluding hydrogens is 234 g/mol.